The number of ether oxygens (including phenoxy) is 1. The van der Waals surface area contributed by atoms with Gasteiger partial charge < -0.3 is 9.84 Å². The van der Waals surface area contributed by atoms with Crippen LogP contribution >= 0.6 is 0 Å². The molecule has 0 bridgehead atoms. The second kappa shape index (κ2) is 7.24. The number of rotatable bonds is 7. The van der Waals surface area contributed by atoms with Gasteiger partial charge in [-0.15, -0.1) is 0 Å². The van der Waals surface area contributed by atoms with Gasteiger partial charge in [0.1, 0.15) is 0 Å². The molecule has 0 aliphatic heterocycles. The first-order valence-electron chi connectivity index (χ1n) is 5.82. The molecule has 14 heavy (non-hydrogen) atoms. The van der Waals surface area contributed by atoms with Crippen LogP contribution < -0.4 is 0 Å². The maximum atomic E-state index is 9.99. The summed E-state index contributed by atoms with van der Waals surface area (Å²) in [5.41, 5.74) is 0. The fraction of sp³-hybridized carbons (Fsp3) is 1.00. The first-order valence-corrected chi connectivity index (χ1v) is 5.82. The highest BCUT2D eigenvalue weighted by molar-refractivity contribution is 4.74. The minimum Gasteiger partial charge on any atom is -0.390 e. The number of hydrogen-bond acceptors (Lipinski definition) is 2. The third kappa shape index (κ3) is 4.97. The predicted molar refractivity (Wildman–Crippen MR) is 60.3 cm³/mol. The lowest BCUT2D eigenvalue weighted by molar-refractivity contribution is -0.0643. The van der Waals surface area contributed by atoms with Crippen LogP contribution in [0.2, 0.25) is 0 Å². The van der Waals surface area contributed by atoms with Gasteiger partial charge in [-0.25, -0.2) is 0 Å². The molecule has 0 aromatic carbocycles. The third-order valence-electron chi connectivity index (χ3n) is 2.74. The van der Waals surface area contributed by atoms with E-state index in [-0.39, 0.29) is 12.2 Å². The van der Waals surface area contributed by atoms with E-state index in [4.69, 9.17) is 4.74 Å². The molecule has 0 fully saturated rings. The lowest BCUT2D eigenvalue weighted by Crippen LogP contribution is -2.35. The molecule has 0 saturated carbocycles. The largest absolute Gasteiger partial charge is 0.390 e. The van der Waals surface area contributed by atoms with E-state index in [1.807, 2.05) is 6.92 Å². The number of aliphatic hydroxyl groups excluding tert-OH is 1. The van der Waals surface area contributed by atoms with Crippen molar-refractivity contribution >= 4 is 0 Å². The van der Waals surface area contributed by atoms with Crippen LogP contribution in [0.4, 0.5) is 0 Å². The highest BCUT2D eigenvalue weighted by Gasteiger charge is 2.23. The molecule has 0 spiro atoms. The Balaban J connectivity index is 4.07. The molecule has 86 valence electrons. The second-order valence-corrected chi connectivity index (χ2v) is 4.48. The van der Waals surface area contributed by atoms with Crippen molar-refractivity contribution in [2.45, 2.75) is 59.7 Å². The summed E-state index contributed by atoms with van der Waals surface area (Å²) >= 11 is 0. The van der Waals surface area contributed by atoms with Crippen molar-refractivity contribution in [1.29, 1.82) is 0 Å². The summed E-state index contributed by atoms with van der Waals surface area (Å²) in [7, 11) is 0. The molecule has 0 aliphatic rings. The summed E-state index contributed by atoms with van der Waals surface area (Å²) in [6.07, 6.45) is 1.65. The summed E-state index contributed by atoms with van der Waals surface area (Å²) in [4.78, 5) is 0. The maximum Gasteiger partial charge on any atom is 0.0856 e. The molecule has 0 saturated heterocycles. The van der Waals surface area contributed by atoms with Crippen LogP contribution in [0, 0.1) is 11.8 Å². The van der Waals surface area contributed by atoms with Gasteiger partial charge in [0.25, 0.3) is 0 Å². The summed E-state index contributed by atoms with van der Waals surface area (Å²) in [6.45, 7) is 11.2. The zero-order chi connectivity index (χ0) is 11.1. The minimum atomic E-state index is -0.315. The van der Waals surface area contributed by atoms with Gasteiger partial charge in [-0.3, -0.25) is 0 Å². The molecule has 3 unspecified atom stereocenters. The Bertz CT molecular complexity index is 134. The predicted octanol–water partition coefficient (Wildman–Crippen LogP) is 2.84. The van der Waals surface area contributed by atoms with E-state index < -0.39 is 0 Å². The third-order valence-corrected chi connectivity index (χ3v) is 2.74. The quantitative estimate of drug-likeness (QED) is 0.688. The minimum absolute atomic E-state index is 0.00556. The molecule has 0 amide bonds. The fourth-order valence-corrected chi connectivity index (χ4v) is 1.65. The summed E-state index contributed by atoms with van der Waals surface area (Å²) in [5, 5.41) is 9.99. The van der Waals surface area contributed by atoms with E-state index in [1.54, 1.807) is 0 Å². The zero-order valence-corrected chi connectivity index (χ0v) is 10.3. The van der Waals surface area contributed by atoms with Crippen LogP contribution in [-0.2, 0) is 4.74 Å². The zero-order valence-electron chi connectivity index (χ0n) is 10.3. The molecule has 0 aliphatic carbocycles. The molecule has 2 heteroatoms. The van der Waals surface area contributed by atoms with E-state index in [2.05, 4.69) is 27.7 Å². The van der Waals surface area contributed by atoms with Crippen LogP contribution in [0.5, 0.6) is 0 Å². The van der Waals surface area contributed by atoms with Crippen molar-refractivity contribution in [3.8, 4) is 0 Å². The van der Waals surface area contributed by atoms with Gasteiger partial charge in [0.05, 0.1) is 12.2 Å². The highest BCUT2D eigenvalue weighted by Crippen LogP contribution is 2.19. The number of aliphatic hydroxyl groups is 1. The number of hydrogen-bond donors (Lipinski definition) is 1. The Hall–Kier alpha value is -0.0800. The average Bonchev–Trinajstić information content (AvgIpc) is 2.13. The van der Waals surface area contributed by atoms with Crippen molar-refractivity contribution in [2.75, 3.05) is 6.61 Å². The van der Waals surface area contributed by atoms with E-state index in [0.29, 0.717) is 18.4 Å². The van der Waals surface area contributed by atoms with Crippen molar-refractivity contribution < 1.29 is 9.84 Å². The van der Waals surface area contributed by atoms with Crippen molar-refractivity contribution in [3.05, 3.63) is 0 Å². The van der Waals surface area contributed by atoms with Crippen molar-refractivity contribution in [1.82, 2.24) is 0 Å². The van der Waals surface area contributed by atoms with E-state index in [1.165, 1.54) is 0 Å². The second-order valence-electron chi connectivity index (χ2n) is 4.48. The summed E-state index contributed by atoms with van der Waals surface area (Å²) in [5.74, 6) is 0.959. The molecule has 0 aromatic heterocycles. The fourth-order valence-electron chi connectivity index (χ4n) is 1.65. The van der Waals surface area contributed by atoms with Gasteiger partial charge in [-0.05, 0) is 25.2 Å². The molecular formula is C12H26O2. The molecule has 0 rings (SSSR count). The molecule has 2 nitrogen and oxygen atoms in total. The SMILES string of the molecule is CCOC(C(C)C)C(O)CC(C)CC. The van der Waals surface area contributed by atoms with Crippen LogP contribution in [0.3, 0.4) is 0 Å². The van der Waals surface area contributed by atoms with Crippen LogP contribution in [0.1, 0.15) is 47.5 Å². The Morgan fingerprint density at radius 2 is 1.71 bits per heavy atom. The molecule has 0 aromatic rings. The smallest absolute Gasteiger partial charge is 0.0856 e. The van der Waals surface area contributed by atoms with Gasteiger partial charge in [0.2, 0.25) is 0 Å². The van der Waals surface area contributed by atoms with Gasteiger partial charge in [0.15, 0.2) is 0 Å². The summed E-state index contributed by atoms with van der Waals surface area (Å²) < 4.78 is 5.56. The van der Waals surface area contributed by atoms with Crippen molar-refractivity contribution in [2.24, 2.45) is 11.8 Å². The van der Waals surface area contributed by atoms with Crippen LogP contribution in [0.25, 0.3) is 0 Å². The Labute approximate surface area is 88.7 Å². The first-order chi connectivity index (χ1) is 6.52. The van der Waals surface area contributed by atoms with Crippen LogP contribution in [0.15, 0.2) is 0 Å². The molecule has 0 radical (unpaired) electrons. The Morgan fingerprint density at radius 3 is 2.07 bits per heavy atom. The van der Waals surface area contributed by atoms with Gasteiger partial charge >= 0.3 is 0 Å². The molecule has 3 atom stereocenters. The first kappa shape index (κ1) is 13.9. The summed E-state index contributed by atoms with van der Waals surface area (Å²) in [6, 6.07) is 0. The Kier molecular flexibility index (Phi) is 7.20. The molecule has 1 N–H and O–H groups in total. The van der Waals surface area contributed by atoms with Gasteiger partial charge in [-0.1, -0.05) is 34.1 Å². The molecule has 0 heterocycles. The van der Waals surface area contributed by atoms with E-state index in [0.717, 1.165) is 12.8 Å². The highest BCUT2D eigenvalue weighted by atomic mass is 16.5. The normalized spacial score (nSPS) is 18.2. The van der Waals surface area contributed by atoms with Crippen molar-refractivity contribution in [3.63, 3.8) is 0 Å². The van der Waals surface area contributed by atoms with Gasteiger partial charge in [-0.2, -0.15) is 0 Å². The molecular weight excluding hydrogens is 176 g/mol. The topological polar surface area (TPSA) is 29.5 Å². The monoisotopic (exact) mass is 202 g/mol. The average molecular weight is 202 g/mol. The van der Waals surface area contributed by atoms with E-state index >= 15 is 0 Å². The Morgan fingerprint density at radius 1 is 1.14 bits per heavy atom. The lowest BCUT2D eigenvalue weighted by atomic mass is 9.93. The van der Waals surface area contributed by atoms with Crippen LogP contribution in [-0.4, -0.2) is 23.9 Å². The van der Waals surface area contributed by atoms with E-state index in [9.17, 15) is 5.11 Å². The lowest BCUT2D eigenvalue weighted by Gasteiger charge is -2.27. The van der Waals surface area contributed by atoms with Gasteiger partial charge in [0, 0.05) is 6.61 Å². The maximum absolute atomic E-state index is 9.99. The standard InChI is InChI=1S/C12H26O2/c1-6-10(5)8-11(13)12(9(3)4)14-7-2/h9-13H,6-8H2,1-5H3.